The molecule has 3 rings (SSSR count). The maximum absolute atomic E-state index is 12.6. The molecule has 1 aromatic carbocycles. The number of aromatic nitrogens is 2. The van der Waals surface area contributed by atoms with Crippen molar-refractivity contribution in [2.75, 3.05) is 11.5 Å². The van der Waals surface area contributed by atoms with Crippen LogP contribution >= 0.6 is 15.9 Å². The molecule has 0 saturated carbocycles. The third-order valence-corrected chi connectivity index (χ3v) is 6.36. The van der Waals surface area contributed by atoms with Crippen LogP contribution in [0.5, 0.6) is 0 Å². The molecule has 1 aliphatic heterocycles. The van der Waals surface area contributed by atoms with E-state index in [1.54, 1.807) is 0 Å². The van der Waals surface area contributed by atoms with Gasteiger partial charge in [0.2, 0.25) is 0 Å². The molecular formula is C15H17BrN2O3S. The van der Waals surface area contributed by atoms with Gasteiger partial charge in [0.25, 0.3) is 5.56 Å². The van der Waals surface area contributed by atoms with E-state index in [1.165, 1.54) is 4.68 Å². The van der Waals surface area contributed by atoms with Gasteiger partial charge in [0.05, 0.1) is 17.5 Å². The molecule has 1 aromatic heterocycles. The van der Waals surface area contributed by atoms with E-state index in [4.69, 9.17) is 0 Å². The Hall–Kier alpha value is -1.34. The number of hydrogen-bond donors (Lipinski definition) is 1. The van der Waals surface area contributed by atoms with Crippen LogP contribution in [0.3, 0.4) is 0 Å². The number of nitrogens with one attached hydrogen (secondary N) is 1. The van der Waals surface area contributed by atoms with Gasteiger partial charge in [-0.1, -0.05) is 28.1 Å². The first-order valence-electron chi connectivity index (χ1n) is 7.10. The van der Waals surface area contributed by atoms with Crippen LogP contribution in [-0.2, 0) is 16.3 Å². The first kappa shape index (κ1) is 15.6. The highest BCUT2D eigenvalue weighted by molar-refractivity contribution is 9.10. The Labute approximate surface area is 137 Å². The highest BCUT2D eigenvalue weighted by Gasteiger charge is 2.31. The van der Waals surface area contributed by atoms with E-state index in [9.17, 15) is 13.2 Å². The van der Waals surface area contributed by atoms with Gasteiger partial charge in [-0.3, -0.25) is 9.89 Å². The van der Waals surface area contributed by atoms with Crippen molar-refractivity contribution >= 4 is 25.8 Å². The predicted molar refractivity (Wildman–Crippen MR) is 89.0 cm³/mol. The van der Waals surface area contributed by atoms with E-state index in [0.717, 1.165) is 15.7 Å². The van der Waals surface area contributed by atoms with Crippen molar-refractivity contribution in [1.82, 2.24) is 9.78 Å². The lowest BCUT2D eigenvalue weighted by molar-refractivity contribution is 0.483. The minimum atomic E-state index is -3.01. The Morgan fingerprint density at radius 2 is 2.00 bits per heavy atom. The standard InChI is InChI=1S/C15H17BrN2O3S/c1-10-14(8-11-2-4-12(16)5-3-11)15(19)18(17-10)13-6-7-22(20,21)9-13/h2-5,13,17H,6-9H2,1H3/t13-/m1/s1. The Balaban J connectivity index is 1.91. The zero-order valence-corrected chi connectivity index (χ0v) is 14.6. The van der Waals surface area contributed by atoms with E-state index < -0.39 is 9.84 Å². The summed E-state index contributed by atoms with van der Waals surface area (Å²) in [5.41, 5.74) is 2.44. The molecule has 0 spiro atoms. The van der Waals surface area contributed by atoms with E-state index in [-0.39, 0.29) is 23.1 Å². The molecule has 5 nitrogen and oxygen atoms in total. The highest BCUT2D eigenvalue weighted by Crippen LogP contribution is 2.22. The van der Waals surface area contributed by atoms with Gasteiger partial charge in [-0.05, 0) is 31.0 Å². The van der Waals surface area contributed by atoms with Crippen molar-refractivity contribution in [2.24, 2.45) is 0 Å². The molecule has 1 saturated heterocycles. The fourth-order valence-electron chi connectivity index (χ4n) is 2.86. The number of H-pyrrole nitrogens is 1. The fourth-order valence-corrected chi connectivity index (χ4v) is 4.82. The second-order valence-electron chi connectivity index (χ2n) is 5.75. The minimum Gasteiger partial charge on any atom is -0.299 e. The lowest BCUT2D eigenvalue weighted by atomic mass is 10.1. The molecule has 118 valence electrons. The van der Waals surface area contributed by atoms with Crippen LogP contribution < -0.4 is 5.56 Å². The monoisotopic (exact) mass is 384 g/mol. The van der Waals surface area contributed by atoms with Gasteiger partial charge >= 0.3 is 0 Å². The predicted octanol–water partition coefficient (Wildman–Crippen LogP) is 2.20. The van der Waals surface area contributed by atoms with Crippen LogP contribution in [0.15, 0.2) is 33.5 Å². The molecule has 2 aromatic rings. The minimum absolute atomic E-state index is 0.0462. The molecule has 1 aliphatic rings. The first-order valence-corrected chi connectivity index (χ1v) is 9.72. The van der Waals surface area contributed by atoms with Gasteiger partial charge < -0.3 is 0 Å². The quantitative estimate of drug-likeness (QED) is 0.881. The van der Waals surface area contributed by atoms with Gasteiger partial charge in [-0.25, -0.2) is 13.1 Å². The molecule has 0 aliphatic carbocycles. The zero-order valence-electron chi connectivity index (χ0n) is 12.2. The number of rotatable bonds is 3. The molecule has 7 heteroatoms. The van der Waals surface area contributed by atoms with Crippen molar-refractivity contribution < 1.29 is 8.42 Å². The number of benzene rings is 1. The molecular weight excluding hydrogens is 368 g/mol. The smallest absolute Gasteiger partial charge is 0.270 e. The molecule has 2 heterocycles. The normalized spacial score (nSPS) is 20.4. The van der Waals surface area contributed by atoms with E-state index in [1.807, 2.05) is 31.2 Å². The third kappa shape index (κ3) is 3.05. The van der Waals surface area contributed by atoms with Gasteiger partial charge in [0.1, 0.15) is 0 Å². The molecule has 0 amide bonds. The third-order valence-electron chi connectivity index (χ3n) is 4.09. The zero-order chi connectivity index (χ0) is 15.9. The Bertz CT molecular complexity index is 850. The average molecular weight is 385 g/mol. The number of halogens is 1. The molecule has 1 atom stereocenters. The highest BCUT2D eigenvalue weighted by atomic mass is 79.9. The Kier molecular flexibility index (Phi) is 4.03. The topological polar surface area (TPSA) is 71.9 Å². The van der Waals surface area contributed by atoms with E-state index >= 15 is 0 Å². The van der Waals surface area contributed by atoms with Gasteiger partial charge in [0.15, 0.2) is 9.84 Å². The van der Waals surface area contributed by atoms with Crippen LogP contribution in [0.1, 0.15) is 29.3 Å². The van der Waals surface area contributed by atoms with Crippen LogP contribution in [0.2, 0.25) is 0 Å². The number of aromatic amines is 1. The summed E-state index contributed by atoms with van der Waals surface area (Å²) >= 11 is 3.39. The second kappa shape index (κ2) is 5.70. The SMILES string of the molecule is Cc1[nH]n([C@@H]2CCS(=O)(=O)C2)c(=O)c1Cc1ccc(Br)cc1. The summed E-state index contributed by atoms with van der Waals surface area (Å²) in [5.74, 6) is 0.203. The van der Waals surface area contributed by atoms with Gasteiger partial charge in [-0.15, -0.1) is 0 Å². The number of aryl methyl sites for hydroxylation is 1. The average Bonchev–Trinajstić information content (AvgIpc) is 2.95. The summed E-state index contributed by atoms with van der Waals surface area (Å²) in [6.45, 7) is 1.86. The number of hydrogen-bond acceptors (Lipinski definition) is 3. The van der Waals surface area contributed by atoms with Crippen molar-refractivity contribution in [3.8, 4) is 0 Å². The summed E-state index contributed by atoms with van der Waals surface area (Å²) in [7, 11) is -3.01. The molecule has 0 radical (unpaired) electrons. The van der Waals surface area contributed by atoms with E-state index in [0.29, 0.717) is 18.4 Å². The molecule has 22 heavy (non-hydrogen) atoms. The van der Waals surface area contributed by atoms with E-state index in [2.05, 4.69) is 21.0 Å². The number of nitrogens with zero attached hydrogens (tertiary/aromatic N) is 1. The van der Waals surface area contributed by atoms with Crippen molar-refractivity contribution in [1.29, 1.82) is 0 Å². The van der Waals surface area contributed by atoms with Crippen molar-refractivity contribution in [3.05, 3.63) is 55.9 Å². The van der Waals surface area contributed by atoms with Crippen molar-refractivity contribution in [3.63, 3.8) is 0 Å². The Morgan fingerprint density at radius 3 is 2.59 bits per heavy atom. The second-order valence-corrected chi connectivity index (χ2v) is 8.90. The maximum atomic E-state index is 12.6. The Morgan fingerprint density at radius 1 is 1.32 bits per heavy atom. The maximum Gasteiger partial charge on any atom is 0.270 e. The summed E-state index contributed by atoms with van der Waals surface area (Å²) in [6.07, 6.45) is 1.04. The van der Waals surface area contributed by atoms with Crippen LogP contribution in [0.4, 0.5) is 0 Å². The van der Waals surface area contributed by atoms with Crippen molar-refractivity contribution in [2.45, 2.75) is 25.8 Å². The van der Waals surface area contributed by atoms with Crippen LogP contribution in [0.25, 0.3) is 0 Å². The summed E-state index contributed by atoms with van der Waals surface area (Å²) in [6, 6.07) is 7.56. The fraction of sp³-hybridized carbons (Fsp3) is 0.400. The van der Waals surface area contributed by atoms with Crippen LogP contribution in [0, 0.1) is 6.92 Å². The lowest BCUT2D eigenvalue weighted by Gasteiger charge is -2.07. The first-order chi connectivity index (χ1) is 10.4. The van der Waals surface area contributed by atoms with Gasteiger partial charge in [0, 0.05) is 22.2 Å². The van der Waals surface area contributed by atoms with Crippen LogP contribution in [-0.4, -0.2) is 29.7 Å². The van der Waals surface area contributed by atoms with Gasteiger partial charge in [-0.2, -0.15) is 0 Å². The molecule has 0 unspecified atom stereocenters. The lowest BCUT2D eigenvalue weighted by Crippen LogP contribution is -2.25. The molecule has 1 N–H and O–H groups in total. The summed E-state index contributed by atoms with van der Waals surface area (Å²) in [4.78, 5) is 12.6. The molecule has 1 fully saturated rings. The summed E-state index contributed by atoms with van der Waals surface area (Å²) < 4.78 is 25.7. The number of sulfone groups is 1. The molecule has 0 bridgehead atoms. The summed E-state index contributed by atoms with van der Waals surface area (Å²) in [5, 5.41) is 3.05. The largest absolute Gasteiger partial charge is 0.299 e.